The van der Waals surface area contributed by atoms with Crippen LogP contribution in [-0.4, -0.2) is 85.9 Å². The minimum atomic E-state index is -2.64. The molecule has 148 valence electrons. The SMILES string of the molecule is NCCC[Si]12C[Si]3O[Si]4C[Si](CCN)(O[Si]5C[Si](O[Si](C[Si](O4)O5)O3)O1)O2. The van der Waals surface area contributed by atoms with Gasteiger partial charge in [-0.2, -0.15) is 0 Å². The molecule has 2 atom stereocenters. The van der Waals surface area contributed by atoms with Gasteiger partial charge in [0.15, 0.2) is 0 Å². The Kier molecular flexibility index (Phi) is 6.09. The number of rotatable bonds is 5. The number of hydrogen-bond donors (Lipinski definition) is 2. The lowest BCUT2D eigenvalue weighted by molar-refractivity contribution is 0.216. The fraction of sp³-hybridized carbons (Fsp3) is 1.00. The van der Waals surface area contributed by atoms with E-state index in [0.717, 1.165) is 41.2 Å². The second-order valence-corrected chi connectivity index (χ2v) is 28.3. The van der Waals surface area contributed by atoms with Crippen LogP contribution in [0.4, 0.5) is 0 Å². The third-order valence-corrected chi connectivity index (χ3v) is 35.1. The molecule has 6 aliphatic heterocycles. The molecule has 0 aromatic heterocycles. The lowest BCUT2D eigenvalue weighted by Crippen LogP contribution is -2.72. The summed E-state index contributed by atoms with van der Waals surface area (Å²) < 4.78 is 52.6. The van der Waals surface area contributed by atoms with Gasteiger partial charge in [0, 0.05) is 28.7 Å². The van der Waals surface area contributed by atoms with Crippen molar-refractivity contribution in [3.63, 3.8) is 0 Å². The van der Waals surface area contributed by atoms with E-state index in [1.807, 2.05) is 0 Å². The van der Waals surface area contributed by atoms with E-state index in [-0.39, 0.29) is 0 Å². The average molecular weight is 511 g/mol. The van der Waals surface area contributed by atoms with Crippen molar-refractivity contribution in [2.45, 2.75) is 41.2 Å². The summed E-state index contributed by atoms with van der Waals surface area (Å²) in [5.74, 6) is 0. The van der Waals surface area contributed by atoms with Gasteiger partial charge in [0.1, 0.15) is 0 Å². The summed E-state index contributed by atoms with van der Waals surface area (Å²) in [6, 6.07) is 1.54. The van der Waals surface area contributed by atoms with Crippen molar-refractivity contribution in [1.29, 1.82) is 0 Å². The third kappa shape index (κ3) is 4.24. The largest absolute Gasteiger partial charge is 0.415 e. The minimum Gasteiger partial charge on any atom is -0.415 e. The van der Waals surface area contributed by atoms with Crippen LogP contribution in [0.1, 0.15) is 6.42 Å². The molecule has 0 amide bonds. The molecule has 10 nitrogen and oxygen atoms in total. The van der Waals surface area contributed by atoms with E-state index < -0.39 is 72.8 Å². The van der Waals surface area contributed by atoms with E-state index in [4.69, 9.17) is 44.4 Å². The van der Waals surface area contributed by atoms with Gasteiger partial charge < -0.3 is 44.4 Å². The van der Waals surface area contributed by atoms with Crippen LogP contribution >= 0.6 is 0 Å². The Bertz CT molecular complexity index is 538. The lowest BCUT2D eigenvalue weighted by atomic mass is 10.5. The summed E-state index contributed by atoms with van der Waals surface area (Å²) in [5, 5.41) is 0. The standard InChI is InChI=1S/C9H22N2O8Si8/c10-2-1-4-26-8-24-14-20-6-21-13-23(7-22(12-20)17-26)18-27(19-26,5-3-11)9-25(15-21)16-24/h1-11H2. The molecule has 6 heterocycles. The first-order valence-corrected chi connectivity index (χ1v) is 22.7. The maximum absolute atomic E-state index is 7.00. The smallest absolute Gasteiger partial charge is 0.367 e. The van der Waals surface area contributed by atoms with Gasteiger partial charge in [-0.3, -0.25) is 0 Å². The zero-order chi connectivity index (χ0) is 18.5. The van der Waals surface area contributed by atoms with Gasteiger partial charge in [-0.15, -0.1) is 0 Å². The zero-order valence-corrected chi connectivity index (χ0v) is 22.8. The molecule has 0 saturated carbocycles. The normalized spacial score (nSPS) is 39.3. The fourth-order valence-corrected chi connectivity index (χ4v) is 43.9. The number of hydrogen-bond acceptors (Lipinski definition) is 10. The Labute approximate surface area is 171 Å². The second-order valence-electron chi connectivity index (χ2n) is 7.01. The molecule has 4 N–H and O–H groups in total. The first-order valence-electron chi connectivity index (χ1n) is 9.12. The first-order chi connectivity index (χ1) is 13.1. The predicted molar refractivity (Wildman–Crippen MR) is 106 cm³/mol. The molecule has 6 rings (SSSR count). The molecule has 6 radical (unpaired) electrons. The zero-order valence-electron chi connectivity index (χ0n) is 14.8. The average Bonchev–Trinajstić information content (AvgIpc) is 2.50. The third-order valence-electron chi connectivity index (χ3n) is 4.80. The highest BCUT2D eigenvalue weighted by Crippen LogP contribution is 2.41. The van der Waals surface area contributed by atoms with Gasteiger partial charge in [-0.05, 0) is 25.6 Å². The van der Waals surface area contributed by atoms with E-state index in [0.29, 0.717) is 13.1 Å². The Hall–Kier alpha value is 1.34. The minimum absolute atomic E-state index is 0.519. The van der Waals surface area contributed by atoms with Crippen LogP contribution in [-0.2, 0) is 32.9 Å². The molecule has 0 aromatic carbocycles. The molecule has 8 bridgehead atoms. The monoisotopic (exact) mass is 510 g/mol. The molecule has 0 spiro atoms. The summed E-state index contributed by atoms with van der Waals surface area (Å²) in [5.41, 5.74) is 14.8. The summed E-state index contributed by atoms with van der Waals surface area (Å²) in [6.07, 6.45) is 0.858. The Morgan fingerprint density at radius 1 is 0.630 bits per heavy atom. The van der Waals surface area contributed by atoms with Crippen molar-refractivity contribution >= 4 is 72.8 Å². The van der Waals surface area contributed by atoms with Crippen LogP contribution in [0, 0.1) is 0 Å². The van der Waals surface area contributed by atoms with Crippen LogP contribution < -0.4 is 11.5 Å². The van der Waals surface area contributed by atoms with E-state index in [1.54, 1.807) is 0 Å². The molecular weight excluding hydrogens is 489 g/mol. The Morgan fingerprint density at radius 3 is 1.74 bits per heavy atom. The second kappa shape index (κ2) is 8.11. The summed E-state index contributed by atoms with van der Waals surface area (Å²) in [6.45, 7) is 1.13. The molecule has 6 saturated heterocycles. The molecule has 27 heavy (non-hydrogen) atoms. The van der Waals surface area contributed by atoms with E-state index >= 15 is 0 Å². The van der Waals surface area contributed by atoms with Crippen LogP contribution in [0.2, 0.25) is 34.8 Å². The molecular formula is C9H22N2O8Si8. The highest BCUT2D eigenvalue weighted by atomic mass is 28.6. The van der Waals surface area contributed by atoms with Gasteiger partial charge in [0.25, 0.3) is 0 Å². The highest BCUT2D eigenvalue weighted by molar-refractivity contribution is 7.00. The Balaban J connectivity index is 1.59. The van der Waals surface area contributed by atoms with Crippen molar-refractivity contribution in [2.75, 3.05) is 13.1 Å². The van der Waals surface area contributed by atoms with E-state index in [9.17, 15) is 0 Å². The van der Waals surface area contributed by atoms with Crippen LogP contribution in [0.5, 0.6) is 0 Å². The van der Waals surface area contributed by atoms with Crippen molar-refractivity contribution in [1.82, 2.24) is 0 Å². The Morgan fingerprint density at radius 2 is 1.15 bits per heavy atom. The summed E-state index contributed by atoms with van der Waals surface area (Å²) in [7, 11) is -14.5. The van der Waals surface area contributed by atoms with Gasteiger partial charge in [-0.25, -0.2) is 0 Å². The number of nitrogens with two attached hydrogens (primary N) is 2. The van der Waals surface area contributed by atoms with E-state index in [1.165, 1.54) is 0 Å². The topological polar surface area (TPSA) is 126 Å². The summed E-state index contributed by atoms with van der Waals surface area (Å²) in [4.78, 5) is 0. The maximum atomic E-state index is 7.00. The summed E-state index contributed by atoms with van der Waals surface area (Å²) >= 11 is 0. The molecule has 6 aliphatic rings. The van der Waals surface area contributed by atoms with Gasteiger partial charge in [0.2, 0.25) is 0 Å². The molecule has 2 unspecified atom stereocenters. The van der Waals surface area contributed by atoms with Gasteiger partial charge >= 0.3 is 72.8 Å². The molecule has 0 aliphatic carbocycles. The lowest BCUT2D eigenvalue weighted by Gasteiger charge is -2.52. The van der Waals surface area contributed by atoms with E-state index in [2.05, 4.69) is 0 Å². The van der Waals surface area contributed by atoms with Crippen LogP contribution in [0.15, 0.2) is 0 Å². The van der Waals surface area contributed by atoms with Crippen LogP contribution in [0.3, 0.4) is 0 Å². The van der Waals surface area contributed by atoms with Crippen molar-refractivity contribution in [3.8, 4) is 0 Å². The fourth-order valence-electron chi connectivity index (χ4n) is 3.78. The van der Waals surface area contributed by atoms with Gasteiger partial charge in [0.05, 0.1) is 0 Å². The quantitative estimate of drug-likeness (QED) is 0.420. The van der Waals surface area contributed by atoms with Crippen molar-refractivity contribution in [3.05, 3.63) is 0 Å². The van der Waals surface area contributed by atoms with Gasteiger partial charge in [-0.1, -0.05) is 0 Å². The van der Waals surface area contributed by atoms with Crippen LogP contribution in [0.25, 0.3) is 0 Å². The molecule has 6 fully saturated rings. The predicted octanol–water partition coefficient (Wildman–Crippen LogP) is -1.53. The highest BCUT2D eigenvalue weighted by Gasteiger charge is 2.63. The van der Waals surface area contributed by atoms with Crippen molar-refractivity contribution in [2.24, 2.45) is 11.5 Å². The molecule has 18 heteroatoms. The van der Waals surface area contributed by atoms with Crippen molar-refractivity contribution < 1.29 is 32.9 Å². The first kappa shape index (κ1) is 20.2. The molecule has 0 aromatic rings. The maximum Gasteiger partial charge on any atom is 0.367 e.